The van der Waals surface area contributed by atoms with Gasteiger partial charge >= 0.3 is 0 Å². The molecule has 2 nitrogen and oxygen atoms in total. The first-order valence-electron chi connectivity index (χ1n) is 4.12. The largest absolute Gasteiger partial charge is 0.370 e. The van der Waals surface area contributed by atoms with Crippen LogP contribution < -0.4 is 5.32 Å². The molecule has 1 aromatic heterocycles. The van der Waals surface area contributed by atoms with Crippen LogP contribution in [-0.4, -0.2) is 11.5 Å². The molecule has 0 spiro atoms. The minimum Gasteiger partial charge on any atom is -0.370 e. The number of rotatable bonds is 4. The lowest BCUT2D eigenvalue weighted by molar-refractivity contribution is 0.901. The molecule has 0 aromatic carbocycles. The van der Waals surface area contributed by atoms with Crippen LogP contribution >= 0.6 is 15.9 Å². The normalized spacial score (nSPS) is 9.23. The molecule has 1 aromatic rings. The maximum absolute atomic E-state index is 5.13. The summed E-state index contributed by atoms with van der Waals surface area (Å²) in [6, 6.07) is 3.89. The Morgan fingerprint density at radius 2 is 2.38 bits per heavy atom. The van der Waals surface area contributed by atoms with Gasteiger partial charge in [-0.15, -0.1) is 12.3 Å². The molecular formula is C10H11BrN2. The third-order valence-electron chi connectivity index (χ3n) is 1.53. The molecule has 0 saturated carbocycles. The van der Waals surface area contributed by atoms with E-state index in [1.807, 2.05) is 12.1 Å². The van der Waals surface area contributed by atoms with Crippen LogP contribution in [0.15, 0.2) is 22.8 Å². The summed E-state index contributed by atoms with van der Waals surface area (Å²) < 4.78 is 0.988. The monoisotopic (exact) mass is 238 g/mol. The molecule has 0 atom stereocenters. The van der Waals surface area contributed by atoms with Crippen LogP contribution in [0.5, 0.6) is 0 Å². The second kappa shape index (κ2) is 5.60. The smallest absolute Gasteiger partial charge is 0.125 e. The average Bonchev–Trinajstić information content (AvgIpc) is 2.15. The van der Waals surface area contributed by atoms with Crippen LogP contribution in [0.1, 0.15) is 12.8 Å². The lowest BCUT2D eigenvalue weighted by Gasteiger charge is -2.02. The topological polar surface area (TPSA) is 24.9 Å². The van der Waals surface area contributed by atoms with Crippen LogP contribution in [0.4, 0.5) is 5.82 Å². The van der Waals surface area contributed by atoms with Gasteiger partial charge in [0.2, 0.25) is 0 Å². The number of nitrogens with zero attached hydrogens (tertiary/aromatic N) is 1. The maximum atomic E-state index is 5.13. The molecule has 3 heteroatoms. The van der Waals surface area contributed by atoms with Gasteiger partial charge in [-0.2, -0.15) is 0 Å². The SMILES string of the molecule is C#CCCCNc1ccc(Br)cn1. The van der Waals surface area contributed by atoms with Crippen molar-refractivity contribution in [3.8, 4) is 12.3 Å². The fraction of sp³-hybridized carbons (Fsp3) is 0.300. The van der Waals surface area contributed by atoms with Crippen LogP contribution in [0, 0.1) is 12.3 Å². The third kappa shape index (κ3) is 3.95. The predicted molar refractivity (Wildman–Crippen MR) is 58.5 cm³/mol. The lowest BCUT2D eigenvalue weighted by atomic mass is 10.3. The van der Waals surface area contributed by atoms with Crippen molar-refractivity contribution < 1.29 is 0 Å². The highest BCUT2D eigenvalue weighted by molar-refractivity contribution is 9.10. The Hall–Kier alpha value is -1.01. The molecule has 0 aliphatic rings. The summed E-state index contributed by atoms with van der Waals surface area (Å²) in [5.41, 5.74) is 0. The molecule has 0 saturated heterocycles. The average molecular weight is 239 g/mol. The van der Waals surface area contributed by atoms with E-state index in [4.69, 9.17) is 6.42 Å². The Labute approximate surface area is 86.9 Å². The summed E-state index contributed by atoms with van der Waals surface area (Å²) in [7, 11) is 0. The Morgan fingerprint density at radius 1 is 1.54 bits per heavy atom. The van der Waals surface area contributed by atoms with Crippen molar-refractivity contribution in [1.82, 2.24) is 4.98 Å². The van der Waals surface area contributed by atoms with Crippen molar-refractivity contribution >= 4 is 21.7 Å². The summed E-state index contributed by atoms with van der Waals surface area (Å²) in [6.07, 6.45) is 8.69. The zero-order valence-electron chi connectivity index (χ0n) is 7.26. The quantitative estimate of drug-likeness (QED) is 0.645. The molecule has 13 heavy (non-hydrogen) atoms. The minimum atomic E-state index is 0.809. The fourth-order valence-corrected chi connectivity index (χ4v) is 1.12. The fourth-order valence-electron chi connectivity index (χ4n) is 0.887. The standard InChI is InChI=1S/C10H11BrN2/c1-2-3-4-7-12-10-6-5-9(11)8-13-10/h1,5-6,8H,3-4,7H2,(H,12,13). The molecule has 0 unspecified atom stereocenters. The molecule has 0 fully saturated rings. The van der Waals surface area contributed by atoms with E-state index in [9.17, 15) is 0 Å². The van der Waals surface area contributed by atoms with Gasteiger partial charge in [0.1, 0.15) is 5.82 Å². The Kier molecular flexibility index (Phi) is 4.34. The lowest BCUT2D eigenvalue weighted by Crippen LogP contribution is -2.02. The Morgan fingerprint density at radius 3 is 3.00 bits per heavy atom. The summed E-state index contributed by atoms with van der Waals surface area (Å²) in [4.78, 5) is 4.17. The number of hydrogen-bond acceptors (Lipinski definition) is 2. The third-order valence-corrected chi connectivity index (χ3v) is 2.00. The van der Waals surface area contributed by atoms with Gasteiger partial charge in [-0.1, -0.05) is 0 Å². The van der Waals surface area contributed by atoms with Gasteiger partial charge in [-0.05, 0) is 34.5 Å². The first-order valence-corrected chi connectivity index (χ1v) is 4.91. The van der Waals surface area contributed by atoms with E-state index < -0.39 is 0 Å². The Bertz CT molecular complexity index is 287. The minimum absolute atomic E-state index is 0.809. The van der Waals surface area contributed by atoms with Crippen LogP contribution in [0.3, 0.4) is 0 Å². The van der Waals surface area contributed by atoms with E-state index in [2.05, 4.69) is 32.2 Å². The predicted octanol–water partition coefficient (Wildman–Crippen LogP) is 2.67. The van der Waals surface area contributed by atoms with Gasteiger partial charge in [0.15, 0.2) is 0 Å². The molecule has 0 radical (unpaired) electrons. The van der Waals surface area contributed by atoms with Crippen LogP contribution in [-0.2, 0) is 0 Å². The molecular weight excluding hydrogens is 228 g/mol. The number of hydrogen-bond donors (Lipinski definition) is 1. The van der Waals surface area contributed by atoms with E-state index in [0.29, 0.717) is 0 Å². The number of pyridine rings is 1. The molecule has 1 N–H and O–H groups in total. The molecule has 0 aliphatic heterocycles. The van der Waals surface area contributed by atoms with Gasteiger partial charge in [-0.25, -0.2) is 4.98 Å². The van der Waals surface area contributed by atoms with Crippen LogP contribution in [0.2, 0.25) is 0 Å². The highest BCUT2D eigenvalue weighted by atomic mass is 79.9. The molecule has 68 valence electrons. The number of anilines is 1. The summed E-state index contributed by atoms with van der Waals surface area (Å²) >= 11 is 3.32. The van der Waals surface area contributed by atoms with E-state index in [0.717, 1.165) is 29.7 Å². The number of terminal acetylenes is 1. The molecule has 1 heterocycles. The second-order valence-corrected chi connectivity index (χ2v) is 3.51. The number of nitrogens with one attached hydrogen (secondary N) is 1. The van der Waals surface area contributed by atoms with E-state index >= 15 is 0 Å². The van der Waals surface area contributed by atoms with Crippen molar-refractivity contribution in [2.45, 2.75) is 12.8 Å². The first-order chi connectivity index (χ1) is 6.33. The van der Waals surface area contributed by atoms with Gasteiger partial charge in [-0.3, -0.25) is 0 Å². The van der Waals surface area contributed by atoms with E-state index in [-0.39, 0.29) is 0 Å². The van der Waals surface area contributed by atoms with Crippen molar-refractivity contribution in [3.05, 3.63) is 22.8 Å². The zero-order valence-corrected chi connectivity index (χ0v) is 8.84. The molecule has 0 amide bonds. The van der Waals surface area contributed by atoms with Gasteiger partial charge < -0.3 is 5.32 Å². The summed E-state index contributed by atoms with van der Waals surface area (Å²) in [6.45, 7) is 0.874. The van der Waals surface area contributed by atoms with Crippen molar-refractivity contribution in [2.75, 3.05) is 11.9 Å². The molecule has 0 bridgehead atoms. The molecule has 1 rings (SSSR count). The van der Waals surface area contributed by atoms with Crippen LogP contribution in [0.25, 0.3) is 0 Å². The number of halogens is 1. The zero-order chi connectivity index (χ0) is 9.52. The highest BCUT2D eigenvalue weighted by Crippen LogP contribution is 2.10. The summed E-state index contributed by atoms with van der Waals surface area (Å²) in [5.74, 6) is 3.48. The number of unbranched alkanes of at least 4 members (excludes halogenated alkanes) is 1. The van der Waals surface area contributed by atoms with Gasteiger partial charge in [0.05, 0.1) is 0 Å². The van der Waals surface area contributed by atoms with Crippen molar-refractivity contribution in [3.63, 3.8) is 0 Å². The summed E-state index contributed by atoms with van der Waals surface area (Å²) in [5, 5.41) is 3.18. The van der Waals surface area contributed by atoms with Gasteiger partial charge in [0.25, 0.3) is 0 Å². The highest BCUT2D eigenvalue weighted by Gasteiger charge is 1.91. The Balaban J connectivity index is 2.30. The maximum Gasteiger partial charge on any atom is 0.125 e. The van der Waals surface area contributed by atoms with E-state index in [1.54, 1.807) is 6.20 Å². The van der Waals surface area contributed by atoms with Crippen molar-refractivity contribution in [2.24, 2.45) is 0 Å². The molecule has 0 aliphatic carbocycles. The first kappa shape index (κ1) is 10.1. The van der Waals surface area contributed by atoms with Gasteiger partial charge in [0, 0.05) is 23.6 Å². The van der Waals surface area contributed by atoms with E-state index in [1.165, 1.54) is 0 Å². The number of aromatic nitrogens is 1. The van der Waals surface area contributed by atoms with Crippen molar-refractivity contribution in [1.29, 1.82) is 0 Å². The second-order valence-electron chi connectivity index (χ2n) is 2.60.